The molecule has 1 fully saturated rings. The molecule has 0 aliphatic carbocycles. The lowest BCUT2D eigenvalue weighted by Crippen LogP contribution is -2.38. The molecule has 0 radical (unpaired) electrons. The molecule has 5 nitrogen and oxygen atoms in total. The summed E-state index contributed by atoms with van der Waals surface area (Å²) in [6.45, 7) is 5.75. The Bertz CT molecular complexity index is 959. The van der Waals surface area contributed by atoms with Gasteiger partial charge in [0.05, 0.1) is 17.7 Å². The smallest absolute Gasteiger partial charge is 0.263 e. The Morgan fingerprint density at radius 3 is 2.67 bits per heavy atom. The van der Waals surface area contributed by atoms with Crippen molar-refractivity contribution in [1.29, 1.82) is 0 Å². The Labute approximate surface area is 185 Å². The van der Waals surface area contributed by atoms with Crippen molar-refractivity contribution in [2.24, 2.45) is 5.92 Å². The zero-order valence-corrected chi connectivity index (χ0v) is 19.0. The highest BCUT2D eigenvalue weighted by atomic mass is 32.1. The highest BCUT2D eigenvalue weighted by Gasteiger charge is 2.22. The number of methoxy groups -OCH3 is 1. The van der Waals surface area contributed by atoms with Crippen LogP contribution in [0, 0.1) is 12.8 Å². The molecule has 1 amide bonds. The molecule has 0 bridgehead atoms. The van der Waals surface area contributed by atoms with E-state index in [1.165, 1.54) is 16.9 Å². The first-order chi connectivity index (χ1) is 14.6. The second-order valence-electron chi connectivity index (χ2n) is 7.69. The van der Waals surface area contributed by atoms with E-state index in [1.54, 1.807) is 18.4 Å². The van der Waals surface area contributed by atoms with Gasteiger partial charge in [0.15, 0.2) is 0 Å². The zero-order valence-electron chi connectivity index (χ0n) is 17.4. The predicted molar refractivity (Wildman–Crippen MR) is 123 cm³/mol. The lowest BCUT2D eigenvalue weighted by atomic mass is 9.96. The van der Waals surface area contributed by atoms with E-state index >= 15 is 0 Å². The summed E-state index contributed by atoms with van der Waals surface area (Å²) in [5, 5.41) is 6.11. The first kappa shape index (κ1) is 21.0. The fourth-order valence-corrected chi connectivity index (χ4v) is 5.55. The van der Waals surface area contributed by atoms with Crippen molar-refractivity contribution >= 4 is 28.6 Å². The summed E-state index contributed by atoms with van der Waals surface area (Å²) in [5.74, 6) is 1.44. The molecule has 7 heteroatoms. The Balaban J connectivity index is 1.24. The molecule has 0 saturated carbocycles. The van der Waals surface area contributed by atoms with Crippen LogP contribution in [0.25, 0.3) is 9.88 Å². The lowest BCUT2D eigenvalue weighted by molar-refractivity contribution is 0.0938. The standard InChI is InChI=1S/C23H27N3O2S2/c1-16-21(30-23(25-16)20-4-3-13-29-20)22(27)24-14-17-9-11-26(12-10-17)15-18-5-7-19(28-2)8-6-18/h3-8,13,17H,9-12,14-15H2,1-2H3,(H,24,27). The van der Waals surface area contributed by atoms with Crippen LogP contribution in [-0.2, 0) is 6.54 Å². The van der Waals surface area contributed by atoms with E-state index in [-0.39, 0.29) is 5.91 Å². The second kappa shape index (κ2) is 9.73. The Morgan fingerprint density at radius 1 is 1.23 bits per heavy atom. The number of benzene rings is 1. The molecular formula is C23H27N3O2S2. The summed E-state index contributed by atoms with van der Waals surface area (Å²) < 4.78 is 5.23. The van der Waals surface area contributed by atoms with Crippen molar-refractivity contribution in [3.8, 4) is 15.6 Å². The van der Waals surface area contributed by atoms with Gasteiger partial charge in [0, 0.05) is 13.1 Å². The first-order valence-corrected chi connectivity index (χ1v) is 12.0. The van der Waals surface area contributed by atoms with Gasteiger partial charge in [-0.15, -0.1) is 22.7 Å². The lowest BCUT2D eigenvalue weighted by Gasteiger charge is -2.32. The third-order valence-electron chi connectivity index (χ3n) is 5.56. The van der Waals surface area contributed by atoms with Gasteiger partial charge < -0.3 is 10.1 Å². The Hall–Kier alpha value is -2.22. The van der Waals surface area contributed by atoms with Crippen molar-refractivity contribution in [3.05, 3.63) is 57.9 Å². The topological polar surface area (TPSA) is 54.5 Å². The van der Waals surface area contributed by atoms with Crippen LogP contribution in [0.5, 0.6) is 5.75 Å². The zero-order chi connectivity index (χ0) is 20.9. The van der Waals surface area contributed by atoms with Crippen LogP contribution < -0.4 is 10.1 Å². The number of thiazole rings is 1. The summed E-state index contributed by atoms with van der Waals surface area (Å²) in [6.07, 6.45) is 2.22. The fourth-order valence-electron chi connectivity index (χ4n) is 3.77. The van der Waals surface area contributed by atoms with E-state index in [0.29, 0.717) is 5.92 Å². The maximum absolute atomic E-state index is 12.7. The second-order valence-corrected chi connectivity index (χ2v) is 9.64. The summed E-state index contributed by atoms with van der Waals surface area (Å²) in [5.41, 5.74) is 2.12. The van der Waals surface area contributed by atoms with Crippen molar-refractivity contribution in [1.82, 2.24) is 15.2 Å². The number of aromatic nitrogens is 1. The Kier molecular flexibility index (Phi) is 6.82. The number of nitrogens with one attached hydrogen (secondary N) is 1. The minimum absolute atomic E-state index is 0.00784. The van der Waals surface area contributed by atoms with Crippen molar-refractivity contribution in [2.45, 2.75) is 26.3 Å². The molecule has 1 N–H and O–H groups in total. The van der Waals surface area contributed by atoms with E-state index in [1.807, 2.05) is 36.6 Å². The van der Waals surface area contributed by atoms with Crippen LogP contribution >= 0.6 is 22.7 Å². The van der Waals surface area contributed by atoms with Gasteiger partial charge in [-0.05, 0) is 67.9 Å². The van der Waals surface area contributed by atoms with Gasteiger partial charge in [-0.2, -0.15) is 0 Å². The van der Waals surface area contributed by atoms with Crippen molar-refractivity contribution in [3.63, 3.8) is 0 Å². The maximum Gasteiger partial charge on any atom is 0.263 e. The Morgan fingerprint density at radius 2 is 2.00 bits per heavy atom. The quantitative estimate of drug-likeness (QED) is 0.571. The molecule has 158 valence electrons. The van der Waals surface area contributed by atoms with Crippen LogP contribution in [0.2, 0.25) is 0 Å². The van der Waals surface area contributed by atoms with Crippen LogP contribution in [0.15, 0.2) is 41.8 Å². The van der Waals surface area contributed by atoms with Gasteiger partial charge in [0.2, 0.25) is 0 Å². The summed E-state index contributed by atoms with van der Waals surface area (Å²) in [6, 6.07) is 12.4. The van der Waals surface area contributed by atoms with Gasteiger partial charge in [0.25, 0.3) is 5.91 Å². The molecule has 1 aliphatic rings. The van der Waals surface area contributed by atoms with Crippen LogP contribution in [0.3, 0.4) is 0 Å². The van der Waals surface area contributed by atoms with E-state index < -0.39 is 0 Å². The molecule has 0 unspecified atom stereocenters. The first-order valence-electron chi connectivity index (χ1n) is 10.3. The van der Waals surface area contributed by atoms with E-state index in [4.69, 9.17) is 4.74 Å². The van der Waals surface area contributed by atoms with Crippen LogP contribution in [0.4, 0.5) is 0 Å². The molecule has 2 aromatic heterocycles. The van der Waals surface area contributed by atoms with E-state index in [9.17, 15) is 4.79 Å². The number of ether oxygens (including phenoxy) is 1. The number of carbonyl (C=O) groups is 1. The summed E-state index contributed by atoms with van der Waals surface area (Å²) in [7, 11) is 1.69. The molecule has 3 heterocycles. The number of piperidine rings is 1. The van der Waals surface area contributed by atoms with Gasteiger partial charge in [-0.3, -0.25) is 9.69 Å². The largest absolute Gasteiger partial charge is 0.497 e. The molecule has 0 spiro atoms. The van der Waals surface area contributed by atoms with Crippen LogP contribution in [0.1, 0.15) is 33.8 Å². The monoisotopic (exact) mass is 441 g/mol. The third kappa shape index (κ3) is 5.09. The number of hydrogen-bond donors (Lipinski definition) is 1. The highest BCUT2D eigenvalue weighted by molar-refractivity contribution is 7.22. The number of carbonyl (C=O) groups excluding carboxylic acids is 1. The van der Waals surface area contributed by atoms with Crippen molar-refractivity contribution in [2.75, 3.05) is 26.7 Å². The molecule has 1 saturated heterocycles. The SMILES string of the molecule is COc1ccc(CN2CCC(CNC(=O)c3sc(-c4cccs4)nc3C)CC2)cc1. The molecule has 1 aliphatic heterocycles. The third-order valence-corrected chi connectivity index (χ3v) is 7.75. The molecule has 4 rings (SSSR count). The van der Waals surface area contributed by atoms with Crippen molar-refractivity contribution < 1.29 is 9.53 Å². The number of rotatable bonds is 7. The fraction of sp³-hybridized carbons (Fsp3) is 0.391. The maximum atomic E-state index is 12.7. The molecule has 1 aromatic carbocycles. The minimum atomic E-state index is 0.00784. The average Bonchev–Trinajstić information content (AvgIpc) is 3.43. The number of nitrogens with zero attached hydrogens (tertiary/aromatic N) is 2. The number of likely N-dealkylation sites (tertiary alicyclic amines) is 1. The normalized spacial score (nSPS) is 15.3. The molecule has 3 aromatic rings. The predicted octanol–water partition coefficient (Wildman–Crippen LogP) is 4.83. The molecular weight excluding hydrogens is 414 g/mol. The van der Waals surface area contributed by atoms with Gasteiger partial charge in [-0.25, -0.2) is 4.98 Å². The number of amides is 1. The minimum Gasteiger partial charge on any atom is -0.497 e. The average molecular weight is 442 g/mol. The molecule has 0 atom stereocenters. The number of hydrogen-bond acceptors (Lipinski definition) is 6. The molecule has 30 heavy (non-hydrogen) atoms. The van der Waals surface area contributed by atoms with Gasteiger partial charge >= 0.3 is 0 Å². The summed E-state index contributed by atoms with van der Waals surface area (Å²) >= 11 is 3.14. The van der Waals surface area contributed by atoms with E-state index in [0.717, 1.165) is 65.2 Å². The van der Waals surface area contributed by atoms with Crippen LogP contribution in [-0.4, -0.2) is 42.5 Å². The highest BCUT2D eigenvalue weighted by Crippen LogP contribution is 2.31. The van der Waals surface area contributed by atoms with E-state index in [2.05, 4.69) is 27.3 Å². The van der Waals surface area contributed by atoms with Gasteiger partial charge in [0.1, 0.15) is 15.6 Å². The number of aryl methyl sites for hydroxylation is 1. The number of thiophene rings is 1. The van der Waals surface area contributed by atoms with Gasteiger partial charge in [-0.1, -0.05) is 18.2 Å². The summed E-state index contributed by atoms with van der Waals surface area (Å²) in [4.78, 5) is 21.6.